The summed E-state index contributed by atoms with van der Waals surface area (Å²) in [5, 5.41) is 8.65. The van der Waals surface area contributed by atoms with Gasteiger partial charge in [-0.05, 0) is 6.42 Å². The Hall–Kier alpha value is -1.10. The summed E-state index contributed by atoms with van der Waals surface area (Å²) in [6, 6.07) is 0. The van der Waals surface area contributed by atoms with E-state index in [4.69, 9.17) is 5.11 Å². The summed E-state index contributed by atoms with van der Waals surface area (Å²) < 4.78 is 0. The first-order valence-electron chi connectivity index (χ1n) is 7.85. The number of carbonyl (C=O) groups is 2. The average Bonchev–Trinajstić information content (AvgIpc) is 2.45. The van der Waals surface area contributed by atoms with Crippen LogP contribution in [0, 0.1) is 0 Å². The van der Waals surface area contributed by atoms with Crippen molar-refractivity contribution in [3.8, 4) is 0 Å². The smallest absolute Gasteiger partial charge is 0.304 e. The molecule has 0 aromatic rings. The SMILES string of the molecule is CCCCCCCC(=O)N1CCN(CCC(=O)O)CC1. The molecule has 1 fully saturated rings. The minimum atomic E-state index is -0.754. The Kier molecular flexibility index (Phi) is 8.26. The van der Waals surface area contributed by atoms with Gasteiger partial charge in [-0.15, -0.1) is 0 Å². The summed E-state index contributed by atoms with van der Waals surface area (Å²) in [6.07, 6.45) is 6.72. The van der Waals surface area contributed by atoms with E-state index in [0.29, 0.717) is 13.0 Å². The third-order valence-corrected chi connectivity index (χ3v) is 3.86. The molecule has 116 valence electrons. The van der Waals surface area contributed by atoms with E-state index in [1.165, 1.54) is 19.3 Å². The highest BCUT2D eigenvalue weighted by atomic mass is 16.4. The maximum Gasteiger partial charge on any atom is 0.304 e. The van der Waals surface area contributed by atoms with Crippen LogP contribution in [0.4, 0.5) is 0 Å². The van der Waals surface area contributed by atoms with Crippen LogP contribution in [-0.2, 0) is 9.59 Å². The highest BCUT2D eigenvalue weighted by Gasteiger charge is 2.20. The minimum Gasteiger partial charge on any atom is -0.481 e. The third kappa shape index (κ3) is 6.89. The van der Waals surface area contributed by atoms with Gasteiger partial charge in [0.15, 0.2) is 0 Å². The first kappa shape index (κ1) is 17.0. The van der Waals surface area contributed by atoms with Gasteiger partial charge in [0, 0.05) is 39.1 Å². The van der Waals surface area contributed by atoms with Gasteiger partial charge in [-0.3, -0.25) is 14.5 Å². The van der Waals surface area contributed by atoms with Crippen molar-refractivity contribution in [3.63, 3.8) is 0 Å². The topological polar surface area (TPSA) is 60.9 Å². The largest absolute Gasteiger partial charge is 0.481 e. The number of carboxylic acid groups (broad SMARTS) is 1. The number of piperazine rings is 1. The predicted molar refractivity (Wildman–Crippen MR) is 78.6 cm³/mol. The average molecular weight is 284 g/mol. The maximum absolute atomic E-state index is 12.0. The van der Waals surface area contributed by atoms with Crippen molar-refractivity contribution in [1.82, 2.24) is 9.80 Å². The number of amides is 1. The fourth-order valence-corrected chi connectivity index (χ4v) is 2.51. The molecule has 0 aromatic heterocycles. The summed E-state index contributed by atoms with van der Waals surface area (Å²) in [6.45, 7) is 5.87. The van der Waals surface area contributed by atoms with E-state index >= 15 is 0 Å². The molecular formula is C15H28N2O3. The maximum atomic E-state index is 12.0. The van der Waals surface area contributed by atoms with Gasteiger partial charge in [0.25, 0.3) is 0 Å². The molecule has 1 amide bonds. The summed E-state index contributed by atoms with van der Waals surface area (Å²) in [4.78, 5) is 26.6. The Morgan fingerprint density at radius 1 is 0.950 bits per heavy atom. The third-order valence-electron chi connectivity index (χ3n) is 3.86. The normalized spacial score (nSPS) is 16.4. The van der Waals surface area contributed by atoms with Crippen LogP contribution in [-0.4, -0.2) is 59.5 Å². The molecule has 1 rings (SSSR count). The fourth-order valence-electron chi connectivity index (χ4n) is 2.51. The van der Waals surface area contributed by atoms with E-state index in [9.17, 15) is 9.59 Å². The molecular weight excluding hydrogens is 256 g/mol. The molecule has 0 atom stereocenters. The zero-order valence-corrected chi connectivity index (χ0v) is 12.6. The van der Waals surface area contributed by atoms with Crippen LogP contribution in [0.25, 0.3) is 0 Å². The van der Waals surface area contributed by atoms with Gasteiger partial charge in [-0.1, -0.05) is 32.6 Å². The van der Waals surface area contributed by atoms with Crippen LogP contribution in [0.3, 0.4) is 0 Å². The number of unbranched alkanes of at least 4 members (excludes halogenated alkanes) is 4. The van der Waals surface area contributed by atoms with Crippen LogP contribution < -0.4 is 0 Å². The van der Waals surface area contributed by atoms with E-state index in [1.807, 2.05) is 4.90 Å². The minimum absolute atomic E-state index is 0.186. The second-order valence-electron chi connectivity index (χ2n) is 5.53. The molecule has 0 unspecified atom stereocenters. The Balaban J connectivity index is 2.11. The van der Waals surface area contributed by atoms with Gasteiger partial charge in [-0.2, -0.15) is 0 Å². The van der Waals surface area contributed by atoms with E-state index < -0.39 is 5.97 Å². The molecule has 0 spiro atoms. The Labute approximate surface area is 121 Å². The number of hydrogen-bond donors (Lipinski definition) is 1. The van der Waals surface area contributed by atoms with E-state index in [-0.39, 0.29) is 12.3 Å². The van der Waals surface area contributed by atoms with Crippen molar-refractivity contribution in [2.24, 2.45) is 0 Å². The van der Waals surface area contributed by atoms with Gasteiger partial charge in [0.1, 0.15) is 0 Å². The number of nitrogens with zero attached hydrogens (tertiary/aromatic N) is 2. The summed E-state index contributed by atoms with van der Waals surface area (Å²) in [5.74, 6) is -0.491. The second kappa shape index (κ2) is 9.75. The van der Waals surface area contributed by atoms with Gasteiger partial charge >= 0.3 is 5.97 Å². The molecule has 5 nitrogen and oxygen atoms in total. The lowest BCUT2D eigenvalue weighted by molar-refractivity contribution is -0.138. The van der Waals surface area contributed by atoms with Crippen molar-refractivity contribution < 1.29 is 14.7 Å². The Morgan fingerprint density at radius 2 is 1.60 bits per heavy atom. The predicted octanol–water partition coefficient (Wildman–Crippen LogP) is 1.97. The number of hydrogen-bond acceptors (Lipinski definition) is 3. The first-order valence-corrected chi connectivity index (χ1v) is 7.85. The quantitative estimate of drug-likeness (QED) is 0.658. The zero-order valence-electron chi connectivity index (χ0n) is 12.6. The molecule has 0 bridgehead atoms. The highest BCUT2D eigenvalue weighted by Crippen LogP contribution is 2.09. The van der Waals surface area contributed by atoms with Crippen LogP contribution in [0.1, 0.15) is 51.9 Å². The number of rotatable bonds is 9. The van der Waals surface area contributed by atoms with Crippen molar-refractivity contribution in [1.29, 1.82) is 0 Å². The molecule has 0 aromatic carbocycles. The number of aliphatic carboxylic acids is 1. The lowest BCUT2D eigenvalue weighted by Crippen LogP contribution is -2.49. The van der Waals surface area contributed by atoms with Gasteiger partial charge in [-0.25, -0.2) is 0 Å². The lowest BCUT2D eigenvalue weighted by Gasteiger charge is -2.34. The molecule has 0 saturated carbocycles. The van der Waals surface area contributed by atoms with Gasteiger partial charge in [0.2, 0.25) is 5.91 Å². The number of carboxylic acids is 1. The van der Waals surface area contributed by atoms with Crippen molar-refractivity contribution in [3.05, 3.63) is 0 Å². The highest BCUT2D eigenvalue weighted by molar-refractivity contribution is 5.76. The molecule has 20 heavy (non-hydrogen) atoms. The lowest BCUT2D eigenvalue weighted by atomic mass is 10.1. The van der Waals surface area contributed by atoms with E-state index in [0.717, 1.165) is 39.0 Å². The number of carbonyl (C=O) groups excluding carboxylic acids is 1. The monoisotopic (exact) mass is 284 g/mol. The van der Waals surface area contributed by atoms with Crippen LogP contribution in [0.2, 0.25) is 0 Å². The van der Waals surface area contributed by atoms with Crippen LogP contribution >= 0.6 is 0 Å². The fraction of sp³-hybridized carbons (Fsp3) is 0.867. The summed E-state index contributed by atoms with van der Waals surface area (Å²) in [7, 11) is 0. The molecule has 1 aliphatic heterocycles. The molecule has 1 aliphatic rings. The van der Waals surface area contributed by atoms with Crippen LogP contribution in [0.15, 0.2) is 0 Å². The molecule has 5 heteroatoms. The molecule has 0 aliphatic carbocycles. The van der Waals surface area contributed by atoms with Crippen LogP contribution in [0.5, 0.6) is 0 Å². The zero-order chi connectivity index (χ0) is 14.8. The summed E-state index contributed by atoms with van der Waals surface area (Å²) >= 11 is 0. The van der Waals surface area contributed by atoms with Gasteiger partial charge < -0.3 is 10.0 Å². The van der Waals surface area contributed by atoms with Crippen molar-refractivity contribution >= 4 is 11.9 Å². The Morgan fingerprint density at radius 3 is 2.20 bits per heavy atom. The molecule has 1 heterocycles. The van der Waals surface area contributed by atoms with Crippen molar-refractivity contribution in [2.75, 3.05) is 32.7 Å². The standard InChI is InChI=1S/C15H28N2O3/c1-2-3-4-5-6-7-14(18)17-12-10-16(11-13-17)9-8-15(19)20/h2-13H2,1H3,(H,19,20). The molecule has 0 radical (unpaired) electrons. The first-order chi connectivity index (χ1) is 9.63. The molecule has 1 N–H and O–H groups in total. The Bertz CT molecular complexity index is 299. The van der Waals surface area contributed by atoms with Crippen molar-refractivity contribution in [2.45, 2.75) is 51.9 Å². The van der Waals surface area contributed by atoms with Gasteiger partial charge in [0.05, 0.1) is 6.42 Å². The summed E-state index contributed by atoms with van der Waals surface area (Å²) in [5.41, 5.74) is 0. The molecule has 1 saturated heterocycles. The second-order valence-corrected chi connectivity index (χ2v) is 5.53. The van der Waals surface area contributed by atoms with E-state index in [1.54, 1.807) is 0 Å². The van der Waals surface area contributed by atoms with E-state index in [2.05, 4.69) is 11.8 Å².